The zero-order valence-electron chi connectivity index (χ0n) is 8.78. The van der Waals surface area contributed by atoms with Crippen molar-refractivity contribution in [3.8, 4) is 0 Å². The molecule has 0 aliphatic heterocycles. The van der Waals surface area contributed by atoms with Crippen molar-refractivity contribution in [3.63, 3.8) is 0 Å². The number of ether oxygens (including phenoxy) is 2. The molecule has 14 heavy (non-hydrogen) atoms. The molecule has 0 atom stereocenters. The number of aliphatic hydroxyl groups is 1. The summed E-state index contributed by atoms with van der Waals surface area (Å²) in [5, 5.41) is 17.6. The van der Waals surface area contributed by atoms with Gasteiger partial charge in [0, 0.05) is 19.2 Å². The molecule has 5 nitrogen and oxygen atoms in total. The Hall–Kier alpha value is -0.295. The largest absolute Gasteiger partial charge is 1.00 e. The summed E-state index contributed by atoms with van der Waals surface area (Å²) in [6, 6.07) is 0. The van der Waals surface area contributed by atoms with Crippen LogP contribution in [0, 0.1) is 0 Å². The number of carboxylic acid groups (broad SMARTS) is 1. The first-order valence-corrected chi connectivity index (χ1v) is 3.73. The molecular weight excluding hydrogens is 377 g/mol. The van der Waals surface area contributed by atoms with Gasteiger partial charge in [0.2, 0.25) is 0 Å². The number of hydrogen-bond acceptors (Lipinski definition) is 5. The topological polar surface area (TPSA) is 78.8 Å². The van der Waals surface area contributed by atoms with E-state index in [0.29, 0.717) is 13.2 Å². The van der Waals surface area contributed by atoms with Crippen molar-refractivity contribution in [3.05, 3.63) is 12.0 Å². The molecule has 0 aromatic heterocycles. The summed E-state index contributed by atoms with van der Waals surface area (Å²) in [4.78, 5) is 8.89. The first-order valence-electron chi connectivity index (χ1n) is 3.73. The maximum absolute atomic E-state index is 8.89. The molecule has 0 rings (SSSR count). The van der Waals surface area contributed by atoms with E-state index >= 15 is 0 Å². The molecule has 0 spiro atoms. The van der Waals surface area contributed by atoms with E-state index in [1.807, 2.05) is 0 Å². The molecule has 0 saturated carbocycles. The van der Waals surface area contributed by atoms with Gasteiger partial charge in [-0.3, -0.25) is 0 Å². The molecule has 6 heteroatoms. The Morgan fingerprint density at radius 3 is 2.29 bits per heavy atom. The Kier molecular flexibility index (Phi) is 20.9. The van der Waals surface area contributed by atoms with Gasteiger partial charge in [0.15, 0.2) is 0 Å². The van der Waals surface area contributed by atoms with E-state index in [-0.39, 0.29) is 33.6 Å². The van der Waals surface area contributed by atoms with Crippen LogP contribution in [0.3, 0.4) is 0 Å². The van der Waals surface area contributed by atoms with E-state index in [2.05, 4.69) is 9.47 Å². The van der Waals surface area contributed by atoms with Crippen molar-refractivity contribution in [1.82, 2.24) is 0 Å². The standard InChI is InChI=1S/C6H12O3.C2H4O2.Hg/c1-3-9-6(7)4-5-8-2;1-2(3)4;/h4,7H,3,5H2,1-2H3;1H3,(H,3,4);/q;;+1/p-1/b6-4+;;. The van der Waals surface area contributed by atoms with Gasteiger partial charge in [-0.2, -0.15) is 0 Å². The van der Waals surface area contributed by atoms with E-state index in [1.54, 1.807) is 14.0 Å². The van der Waals surface area contributed by atoms with Gasteiger partial charge in [-0.1, -0.05) is 0 Å². The van der Waals surface area contributed by atoms with E-state index < -0.39 is 5.97 Å². The summed E-state index contributed by atoms with van der Waals surface area (Å²) in [5.41, 5.74) is 0. The molecule has 79 valence electrons. The van der Waals surface area contributed by atoms with E-state index in [9.17, 15) is 0 Å². The second-order valence-electron chi connectivity index (χ2n) is 1.92. The van der Waals surface area contributed by atoms with E-state index in [0.717, 1.165) is 6.92 Å². The number of carboxylic acids is 1. The zero-order valence-corrected chi connectivity index (χ0v) is 14.3. The fourth-order valence-electron chi connectivity index (χ4n) is 0.361. The molecule has 0 aliphatic rings. The molecule has 1 N–H and O–H groups in total. The van der Waals surface area contributed by atoms with E-state index in [1.165, 1.54) is 6.08 Å². The van der Waals surface area contributed by atoms with Crippen LogP contribution in [0.4, 0.5) is 0 Å². The number of rotatable bonds is 4. The zero-order chi connectivity index (χ0) is 10.7. The minimum Gasteiger partial charge on any atom is -0.550 e. The number of aliphatic hydroxyl groups excluding tert-OH is 1. The van der Waals surface area contributed by atoms with Crippen LogP contribution in [-0.4, -0.2) is 31.4 Å². The Labute approximate surface area is 104 Å². The molecule has 0 saturated heterocycles. The SMILES string of the molecule is CC(=O)[O-].CCO/C(O)=C/COC.[Hg+]. The molecule has 0 aromatic rings. The van der Waals surface area contributed by atoms with Gasteiger partial charge in [0.25, 0.3) is 5.95 Å². The predicted molar refractivity (Wildman–Crippen MR) is 44.9 cm³/mol. The van der Waals surface area contributed by atoms with Gasteiger partial charge in [-0.25, -0.2) is 0 Å². The second-order valence-corrected chi connectivity index (χ2v) is 1.92. The van der Waals surface area contributed by atoms with Crippen molar-refractivity contribution in [2.45, 2.75) is 13.8 Å². The van der Waals surface area contributed by atoms with Crippen LogP contribution in [0.1, 0.15) is 13.8 Å². The quantitative estimate of drug-likeness (QED) is 0.531. The third-order valence-corrected chi connectivity index (χ3v) is 0.717. The molecule has 0 unspecified atom stereocenters. The minimum atomic E-state index is -1.08. The second kappa shape index (κ2) is 15.2. The van der Waals surface area contributed by atoms with Crippen LogP contribution < -0.4 is 5.11 Å². The summed E-state index contributed by atoms with van der Waals surface area (Å²) >= 11 is 0. The third kappa shape index (κ3) is 29.8. The minimum absolute atomic E-state index is 0. The Balaban J connectivity index is -0.000000209. The molecule has 0 heterocycles. The fraction of sp³-hybridized carbons (Fsp3) is 0.625. The summed E-state index contributed by atoms with van der Waals surface area (Å²) in [6.07, 6.45) is 1.46. The van der Waals surface area contributed by atoms with Gasteiger partial charge in [0.1, 0.15) is 0 Å². The van der Waals surface area contributed by atoms with Crippen molar-refractivity contribution in [1.29, 1.82) is 0 Å². The van der Waals surface area contributed by atoms with Crippen molar-refractivity contribution in [2.24, 2.45) is 0 Å². The molecule has 1 radical (unpaired) electrons. The molecule has 0 bridgehead atoms. The average molecular weight is 392 g/mol. The van der Waals surface area contributed by atoms with Crippen LogP contribution in [0.25, 0.3) is 0 Å². The Morgan fingerprint density at radius 1 is 1.57 bits per heavy atom. The maximum atomic E-state index is 8.89. The van der Waals surface area contributed by atoms with Crippen molar-refractivity contribution >= 4 is 5.97 Å². The monoisotopic (exact) mass is 393 g/mol. The average Bonchev–Trinajstić information content (AvgIpc) is 2.00. The van der Waals surface area contributed by atoms with Crippen LogP contribution in [-0.2, 0) is 41.9 Å². The summed E-state index contributed by atoms with van der Waals surface area (Å²) < 4.78 is 9.32. The van der Waals surface area contributed by atoms with Crippen LogP contribution in [0.15, 0.2) is 12.0 Å². The van der Waals surface area contributed by atoms with Crippen molar-refractivity contribution in [2.75, 3.05) is 20.3 Å². The Bertz CT molecular complexity index is 154. The van der Waals surface area contributed by atoms with Crippen LogP contribution in [0.5, 0.6) is 0 Å². The van der Waals surface area contributed by atoms with Gasteiger partial charge in [-0.05, 0) is 13.8 Å². The van der Waals surface area contributed by atoms with Crippen molar-refractivity contribution < 1.29 is 52.2 Å². The van der Waals surface area contributed by atoms with Crippen LogP contribution in [0.2, 0.25) is 0 Å². The normalized spacial score (nSPS) is 9.21. The number of carbonyl (C=O) groups is 1. The van der Waals surface area contributed by atoms with Gasteiger partial charge >= 0.3 is 27.7 Å². The summed E-state index contributed by atoms with van der Waals surface area (Å²) in [6.45, 7) is 3.63. The number of methoxy groups -OCH3 is 1. The third-order valence-electron chi connectivity index (χ3n) is 0.717. The van der Waals surface area contributed by atoms with E-state index in [4.69, 9.17) is 15.0 Å². The number of aliphatic carboxylic acids is 1. The number of carbonyl (C=O) groups excluding carboxylic acids is 1. The van der Waals surface area contributed by atoms with Gasteiger partial charge < -0.3 is 24.5 Å². The maximum Gasteiger partial charge on any atom is 1.00 e. The van der Waals surface area contributed by atoms with Gasteiger partial charge in [0.05, 0.1) is 13.2 Å². The molecule has 0 amide bonds. The summed E-state index contributed by atoms with van der Waals surface area (Å²) in [7, 11) is 1.55. The number of hydrogen-bond donors (Lipinski definition) is 1. The molecule has 0 aromatic carbocycles. The first kappa shape index (κ1) is 19.3. The summed E-state index contributed by atoms with van der Waals surface area (Å²) in [5.74, 6) is -1.15. The van der Waals surface area contributed by atoms with Gasteiger partial charge in [-0.15, -0.1) is 0 Å². The first-order chi connectivity index (χ1) is 6.04. The Morgan fingerprint density at radius 2 is 2.00 bits per heavy atom. The smallest absolute Gasteiger partial charge is 0.550 e. The molecule has 0 fully saturated rings. The fourth-order valence-corrected chi connectivity index (χ4v) is 0.361. The molecule has 0 aliphatic carbocycles. The molecular formula is C8H15HgO5. The predicted octanol–water partition coefficient (Wildman–Crippen LogP) is -0.178. The van der Waals surface area contributed by atoms with Crippen LogP contribution >= 0.6 is 0 Å².